The lowest BCUT2D eigenvalue weighted by molar-refractivity contribution is 0.105. The van der Waals surface area contributed by atoms with Gasteiger partial charge < -0.3 is 0 Å². The number of aromatic nitrogens is 1. The Morgan fingerprint density at radius 3 is 2.94 bits per heavy atom. The van der Waals surface area contributed by atoms with Gasteiger partial charge >= 0.3 is 0 Å². The molecule has 2 heteroatoms. The minimum Gasteiger partial charge on any atom is -0.298 e. The standard InChI is InChI=1S/C14H16N2/c1-11-8-16(9-11)10-12-4-2-6-14-13(12)5-3-7-15-14/h2-7,11H,8-10H2,1H3. The average molecular weight is 212 g/mol. The van der Waals surface area contributed by atoms with Crippen molar-refractivity contribution in [2.24, 2.45) is 5.92 Å². The molecule has 0 aliphatic carbocycles. The van der Waals surface area contributed by atoms with Gasteiger partial charge in [0.05, 0.1) is 5.52 Å². The molecule has 0 bridgehead atoms. The summed E-state index contributed by atoms with van der Waals surface area (Å²) in [7, 11) is 0. The Hall–Kier alpha value is -1.41. The van der Waals surface area contributed by atoms with Gasteiger partial charge in [0.15, 0.2) is 0 Å². The molecule has 3 rings (SSSR count). The minimum absolute atomic E-state index is 0.869. The van der Waals surface area contributed by atoms with Gasteiger partial charge in [0.2, 0.25) is 0 Å². The van der Waals surface area contributed by atoms with Crippen LogP contribution in [0, 0.1) is 5.92 Å². The Labute approximate surface area is 95.9 Å². The zero-order valence-corrected chi connectivity index (χ0v) is 9.56. The van der Waals surface area contributed by atoms with Crippen LogP contribution >= 0.6 is 0 Å². The smallest absolute Gasteiger partial charge is 0.0705 e. The van der Waals surface area contributed by atoms with E-state index < -0.39 is 0 Å². The topological polar surface area (TPSA) is 16.1 Å². The summed E-state index contributed by atoms with van der Waals surface area (Å²) in [5.41, 5.74) is 2.51. The van der Waals surface area contributed by atoms with E-state index in [0.717, 1.165) is 18.0 Å². The average Bonchev–Trinajstić information content (AvgIpc) is 2.27. The number of rotatable bonds is 2. The fraction of sp³-hybridized carbons (Fsp3) is 0.357. The molecule has 1 aliphatic rings. The first kappa shape index (κ1) is 9.79. The molecule has 0 atom stereocenters. The maximum Gasteiger partial charge on any atom is 0.0705 e. The molecule has 0 amide bonds. The molecule has 1 saturated heterocycles. The van der Waals surface area contributed by atoms with E-state index in [9.17, 15) is 0 Å². The SMILES string of the molecule is CC1CN(Cc2cccc3ncccc23)C1. The fourth-order valence-electron chi connectivity index (χ4n) is 2.50. The van der Waals surface area contributed by atoms with Gasteiger partial charge in [-0.3, -0.25) is 9.88 Å². The van der Waals surface area contributed by atoms with Crippen molar-refractivity contribution in [3.05, 3.63) is 42.1 Å². The number of nitrogens with zero attached hydrogens (tertiary/aromatic N) is 2. The predicted molar refractivity (Wildman–Crippen MR) is 66.2 cm³/mol. The van der Waals surface area contributed by atoms with Crippen LogP contribution in [-0.2, 0) is 6.54 Å². The quantitative estimate of drug-likeness (QED) is 0.761. The van der Waals surface area contributed by atoms with Gasteiger partial charge in [-0.25, -0.2) is 0 Å². The highest BCUT2D eigenvalue weighted by atomic mass is 15.2. The molecule has 1 aromatic carbocycles. The molecule has 1 aliphatic heterocycles. The highest BCUT2D eigenvalue weighted by Crippen LogP contribution is 2.22. The zero-order chi connectivity index (χ0) is 11.0. The Morgan fingerprint density at radius 2 is 2.12 bits per heavy atom. The lowest BCUT2D eigenvalue weighted by Gasteiger charge is -2.37. The van der Waals surface area contributed by atoms with Gasteiger partial charge in [-0.15, -0.1) is 0 Å². The van der Waals surface area contributed by atoms with Crippen molar-refractivity contribution >= 4 is 10.9 Å². The van der Waals surface area contributed by atoms with Crippen molar-refractivity contribution in [2.75, 3.05) is 13.1 Å². The van der Waals surface area contributed by atoms with E-state index in [4.69, 9.17) is 0 Å². The number of fused-ring (bicyclic) bond motifs is 1. The van der Waals surface area contributed by atoms with Crippen molar-refractivity contribution in [3.63, 3.8) is 0 Å². The maximum atomic E-state index is 4.39. The van der Waals surface area contributed by atoms with Crippen LogP contribution in [0.3, 0.4) is 0 Å². The lowest BCUT2D eigenvalue weighted by atomic mass is 10.0. The summed E-state index contributed by atoms with van der Waals surface area (Å²) < 4.78 is 0. The largest absolute Gasteiger partial charge is 0.298 e. The summed E-state index contributed by atoms with van der Waals surface area (Å²) >= 11 is 0. The van der Waals surface area contributed by atoms with E-state index >= 15 is 0 Å². The third-order valence-electron chi connectivity index (χ3n) is 3.27. The van der Waals surface area contributed by atoms with Crippen LogP contribution in [0.1, 0.15) is 12.5 Å². The van der Waals surface area contributed by atoms with Crippen molar-refractivity contribution in [1.82, 2.24) is 9.88 Å². The maximum absolute atomic E-state index is 4.39. The first-order valence-corrected chi connectivity index (χ1v) is 5.88. The summed E-state index contributed by atoms with van der Waals surface area (Å²) in [6, 6.07) is 10.6. The van der Waals surface area contributed by atoms with Crippen LogP contribution in [0.15, 0.2) is 36.5 Å². The lowest BCUT2D eigenvalue weighted by Crippen LogP contribution is -2.44. The van der Waals surface area contributed by atoms with Crippen molar-refractivity contribution in [2.45, 2.75) is 13.5 Å². The van der Waals surface area contributed by atoms with E-state index in [1.165, 1.54) is 24.0 Å². The third-order valence-corrected chi connectivity index (χ3v) is 3.27. The van der Waals surface area contributed by atoms with E-state index in [1.54, 1.807) is 0 Å². The van der Waals surface area contributed by atoms with Crippen molar-refractivity contribution < 1.29 is 0 Å². The molecule has 2 heterocycles. The number of hydrogen-bond donors (Lipinski definition) is 0. The summed E-state index contributed by atoms with van der Waals surface area (Å²) in [5.74, 6) is 0.869. The van der Waals surface area contributed by atoms with Gasteiger partial charge in [-0.2, -0.15) is 0 Å². The monoisotopic (exact) mass is 212 g/mol. The molecular formula is C14H16N2. The van der Waals surface area contributed by atoms with Gasteiger partial charge in [0, 0.05) is 31.2 Å². The second-order valence-electron chi connectivity index (χ2n) is 4.79. The number of hydrogen-bond acceptors (Lipinski definition) is 2. The normalized spacial score (nSPS) is 17.6. The van der Waals surface area contributed by atoms with Gasteiger partial charge in [-0.05, 0) is 23.6 Å². The van der Waals surface area contributed by atoms with Gasteiger partial charge in [0.1, 0.15) is 0 Å². The zero-order valence-electron chi connectivity index (χ0n) is 9.56. The molecular weight excluding hydrogens is 196 g/mol. The Bertz CT molecular complexity index is 496. The Balaban J connectivity index is 1.91. The molecule has 0 radical (unpaired) electrons. The van der Waals surface area contributed by atoms with E-state index in [1.807, 2.05) is 12.3 Å². The second kappa shape index (κ2) is 3.87. The highest BCUT2D eigenvalue weighted by molar-refractivity contribution is 5.81. The molecule has 16 heavy (non-hydrogen) atoms. The highest BCUT2D eigenvalue weighted by Gasteiger charge is 2.22. The van der Waals surface area contributed by atoms with Gasteiger partial charge in [-0.1, -0.05) is 25.1 Å². The van der Waals surface area contributed by atoms with Crippen LogP contribution < -0.4 is 0 Å². The van der Waals surface area contributed by atoms with Crippen LogP contribution in [0.25, 0.3) is 10.9 Å². The Morgan fingerprint density at radius 1 is 1.25 bits per heavy atom. The second-order valence-corrected chi connectivity index (χ2v) is 4.79. The van der Waals surface area contributed by atoms with Gasteiger partial charge in [0.25, 0.3) is 0 Å². The summed E-state index contributed by atoms with van der Waals surface area (Å²) in [5, 5.41) is 1.30. The van der Waals surface area contributed by atoms with Crippen molar-refractivity contribution in [1.29, 1.82) is 0 Å². The number of pyridine rings is 1. The van der Waals surface area contributed by atoms with E-state index in [2.05, 4.69) is 41.1 Å². The van der Waals surface area contributed by atoms with Crippen LogP contribution in [0.2, 0.25) is 0 Å². The molecule has 0 saturated carbocycles. The third kappa shape index (κ3) is 1.69. The first-order valence-electron chi connectivity index (χ1n) is 5.88. The van der Waals surface area contributed by atoms with E-state index in [0.29, 0.717) is 0 Å². The summed E-state index contributed by atoms with van der Waals surface area (Å²) in [4.78, 5) is 6.88. The van der Waals surface area contributed by atoms with Crippen LogP contribution in [0.5, 0.6) is 0 Å². The minimum atomic E-state index is 0.869. The van der Waals surface area contributed by atoms with Crippen LogP contribution in [0.4, 0.5) is 0 Å². The number of benzene rings is 1. The predicted octanol–water partition coefficient (Wildman–Crippen LogP) is 2.69. The molecule has 0 N–H and O–H groups in total. The molecule has 1 fully saturated rings. The molecule has 2 aromatic rings. The summed E-state index contributed by atoms with van der Waals surface area (Å²) in [6.45, 7) is 5.84. The number of likely N-dealkylation sites (tertiary alicyclic amines) is 1. The Kier molecular flexibility index (Phi) is 2.37. The molecule has 82 valence electrons. The fourth-order valence-corrected chi connectivity index (χ4v) is 2.50. The molecule has 0 spiro atoms. The first-order chi connectivity index (χ1) is 7.83. The molecule has 0 unspecified atom stereocenters. The van der Waals surface area contributed by atoms with Crippen LogP contribution in [-0.4, -0.2) is 23.0 Å². The molecule has 2 nitrogen and oxygen atoms in total. The summed E-state index contributed by atoms with van der Waals surface area (Å²) in [6.07, 6.45) is 1.86. The molecule has 1 aromatic heterocycles. The van der Waals surface area contributed by atoms with E-state index in [-0.39, 0.29) is 0 Å². The van der Waals surface area contributed by atoms with Crippen molar-refractivity contribution in [3.8, 4) is 0 Å².